The van der Waals surface area contributed by atoms with E-state index in [0.717, 1.165) is 43.1 Å². The van der Waals surface area contributed by atoms with Gasteiger partial charge in [0.2, 0.25) is 0 Å². The minimum Gasteiger partial charge on any atom is -0.338 e. The van der Waals surface area contributed by atoms with E-state index < -0.39 is 0 Å². The average molecular weight is 361 g/mol. The second-order valence-electron chi connectivity index (χ2n) is 6.82. The molecule has 1 aliphatic heterocycles. The first-order chi connectivity index (χ1) is 13.3. The summed E-state index contributed by atoms with van der Waals surface area (Å²) in [7, 11) is 0. The van der Waals surface area contributed by atoms with Gasteiger partial charge in [-0.15, -0.1) is 0 Å². The van der Waals surface area contributed by atoms with Crippen LogP contribution >= 0.6 is 0 Å². The predicted octanol–water partition coefficient (Wildman–Crippen LogP) is 3.24. The normalized spacial score (nSPS) is 17.1. The van der Waals surface area contributed by atoms with Crippen molar-refractivity contribution in [3.05, 3.63) is 72.2 Å². The Labute approximate surface area is 158 Å². The fourth-order valence-corrected chi connectivity index (χ4v) is 3.68. The van der Waals surface area contributed by atoms with E-state index in [4.69, 9.17) is 4.98 Å². The van der Waals surface area contributed by atoms with Crippen LogP contribution in [0, 0.1) is 0 Å². The number of carbonyl (C=O) groups excluding carboxylic acids is 1. The second-order valence-corrected chi connectivity index (χ2v) is 6.82. The number of amides is 1. The molecule has 3 aromatic rings. The maximum Gasteiger partial charge on any atom is 0.255 e. The molecular formula is C21H23N5O. The van der Waals surface area contributed by atoms with Gasteiger partial charge in [0.25, 0.3) is 5.91 Å². The first kappa shape index (κ1) is 17.4. The highest BCUT2D eigenvalue weighted by atomic mass is 16.2. The van der Waals surface area contributed by atoms with E-state index in [1.807, 2.05) is 40.1 Å². The van der Waals surface area contributed by atoms with Gasteiger partial charge in [-0.25, -0.2) is 9.97 Å². The van der Waals surface area contributed by atoms with Crippen LogP contribution in [0.2, 0.25) is 0 Å². The summed E-state index contributed by atoms with van der Waals surface area (Å²) in [6.07, 6.45) is 9.95. The number of hydrogen-bond donors (Lipinski definition) is 0. The largest absolute Gasteiger partial charge is 0.338 e. The summed E-state index contributed by atoms with van der Waals surface area (Å²) < 4.78 is 2.03. The zero-order chi connectivity index (χ0) is 18.6. The van der Waals surface area contributed by atoms with Crippen LogP contribution in [0.5, 0.6) is 0 Å². The summed E-state index contributed by atoms with van der Waals surface area (Å²) in [5, 5.41) is 0. The highest BCUT2D eigenvalue weighted by Crippen LogP contribution is 2.27. The van der Waals surface area contributed by atoms with Gasteiger partial charge < -0.3 is 4.90 Å². The summed E-state index contributed by atoms with van der Waals surface area (Å²) in [5.74, 6) is 2.17. The highest BCUT2D eigenvalue weighted by Gasteiger charge is 2.26. The quantitative estimate of drug-likeness (QED) is 0.716. The Morgan fingerprint density at radius 3 is 2.96 bits per heavy atom. The number of carbonyl (C=O) groups is 1. The first-order valence-electron chi connectivity index (χ1n) is 9.45. The number of piperidine rings is 1. The Morgan fingerprint density at radius 1 is 1.22 bits per heavy atom. The van der Waals surface area contributed by atoms with Crippen LogP contribution in [0.1, 0.15) is 47.6 Å². The molecule has 1 saturated heterocycles. The van der Waals surface area contributed by atoms with Gasteiger partial charge in [0.15, 0.2) is 0 Å². The molecule has 0 saturated carbocycles. The molecule has 0 aromatic carbocycles. The van der Waals surface area contributed by atoms with E-state index in [2.05, 4.69) is 23.0 Å². The van der Waals surface area contributed by atoms with Crippen LogP contribution in [0.3, 0.4) is 0 Å². The molecule has 4 rings (SSSR count). The molecule has 0 aliphatic carbocycles. The Hall–Kier alpha value is -3.02. The third-order valence-corrected chi connectivity index (χ3v) is 5.07. The van der Waals surface area contributed by atoms with E-state index in [-0.39, 0.29) is 11.8 Å². The number of imidazole rings is 1. The van der Waals surface area contributed by atoms with Crippen LogP contribution < -0.4 is 0 Å². The minimum absolute atomic E-state index is 0.0480. The van der Waals surface area contributed by atoms with Crippen molar-refractivity contribution >= 4 is 5.91 Å². The molecule has 0 bridgehead atoms. The van der Waals surface area contributed by atoms with Gasteiger partial charge in [0.1, 0.15) is 11.6 Å². The molecule has 1 aliphatic rings. The van der Waals surface area contributed by atoms with Gasteiger partial charge in [-0.3, -0.25) is 14.3 Å². The van der Waals surface area contributed by atoms with Crippen LogP contribution in [-0.2, 0) is 6.42 Å². The fraction of sp³-hybridized carbons (Fsp3) is 0.333. The lowest BCUT2D eigenvalue weighted by atomic mass is 9.94. The maximum atomic E-state index is 12.8. The maximum absolute atomic E-state index is 12.8. The molecule has 1 atom stereocenters. The van der Waals surface area contributed by atoms with Crippen molar-refractivity contribution in [1.82, 2.24) is 24.4 Å². The van der Waals surface area contributed by atoms with Crippen molar-refractivity contribution < 1.29 is 4.79 Å². The Balaban J connectivity index is 1.55. The number of aromatic nitrogens is 4. The lowest BCUT2D eigenvalue weighted by Crippen LogP contribution is -2.39. The lowest BCUT2D eigenvalue weighted by molar-refractivity contribution is 0.0705. The van der Waals surface area contributed by atoms with Crippen molar-refractivity contribution in [1.29, 1.82) is 0 Å². The third kappa shape index (κ3) is 3.60. The van der Waals surface area contributed by atoms with Crippen LogP contribution in [0.25, 0.3) is 5.82 Å². The molecule has 6 heteroatoms. The van der Waals surface area contributed by atoms with Gasteiger partial charge in [-0.05, 0) is 37.1 Å². The SMILES string of the molecule is CCc1nccn1-c1cccc([C@@H]2CCCN(C(=O)c3cccnc3)C2)n1. The predicted molar refractivity (Wildman–Crippen MR) is 103 cm³/mol. The molecule has 1 fully saturated rings. The van der Waals surface area contributed by atoms with Gasteiger partial charge in [-0.1, -0.05) is 13.0 Å². The molecule has 1 amide bonds. The van der Waals surface area contributed by atoms with Crippen LogP contribution in [0.4, 0.5) is 0 Å². The average Bonchev–Trinajstić information content (AvgIpc) is 3.23. The standard InChI is InChI=1S/C21H23N5O/c1-2-19-23-11-13-26(19)20-9-3-8-18(24-20)17-7-5-12-25(15-17)21(27)16-6-4-10-22-14-16/h3-4,6,8-11,13-14,17H,2,5,7,12,15H2,1H3/t17-/m1/s1. The second kappa shape index (κ2) is 7.70. The summed E-state index contributed by atoms with van der Waals surface area (Å²) in [6, 6.07) is 9.73. The topological polar surface area (TPSA) is 63.9 Å². The summed E-state index contributed by atoms with van der Waals surface area (Å²) >= 11 is 0. The van der Waals surface area contributed by atoms with E-state index in [0.29, 0.717) is 12.1 Å². The van der Waals surface area contributed by atoms with Crippen molar-refractivity contribution in [2.75, 3.05) is 13.1 Å². The molecule has 3 aromatic heterocycles. The molecular weight excluding hydrogens is 338 g/mol. The molecule has 138 valence electrons. The van der Waals surface area contributed by atoms with Crippen molar-refractivity contribution in [3.8, 4) is 5.82 Å². The number of hydrogen-bond acceptors (Lipinski definition) is 4. The molecule has 0 unspecified atom stereocenters. The summed E-state index contributed by atoms with van der Waals surface area (Å²) in [4.78, 5) is 28.0. The minimum atomic E-state index is 0.0480. The van der Waals surface area contributed by atoms with Gasteiger partial charge >= 0.3 is 0 Å². The van der Waals surface area contributed by atoms with E-state index in [9.17, 15) is 4.79 Å². The number of pyridine rings is 2. The first-order valence-corrected chi connectivity index (χ1v) is 9.45. The molecule has 4 heterocycles. The Morgan fingerprint density at radius 2 is 2.15 bits per heavy atom. The molecule has 0 radical (unpaired) electrons. The monoisotopic (exact) mass is 361 g/mol. The number of aryl methyl sites for hydroxylation is 1. The van der Waals surface area contributed by atoms with Crippen molar-refractivity contribution in [2.45, 2.75) is 32.1 Å². The van der Waals surface area contributed by atoms with E-state index in [1.165, 1.54) is 0 Å². The van der Waals surface area contributed by atoms with Gasteiger partial charge in [0, 0.05) is 55.9 Å². The molecule has 0 spiro atoms. The highest BCUT2D eigenvalue weighted by molar-refractivity contribution is 5.94. The van der Waals surface area contributed by atoms with Crippen LogP contribution in [-0.4, -0.2) is 43.4 Å². The zero-order valence-electron chi connectivity index (χ0n) is 15.5. The van der Waals surface area contributed by atoms with Crippen molar-refractivity contribution in [2.24, 2.45) is 0 Å². The zero-order valence-corrected chi connectivity index (χ0v) is 15.5. The van der Waals surface area contributed by atoms with Gasteiger partial charge in [0.05, 0.1) is 5.56 Å². The fourth-order valence-electron chi connectivity index (χ4n) is 3.68. The number of likely N-dealkylation sites (tertiary alicyclic amines) is 1. The van der Waals surface area contributed by atoms with E-state index in [1.54, 1.807) is 18.5 Å². The van der Waals surface area contributed by atoms with E-state index >= 15 is 0 Å². The number of nitrogens with zero attached hydrogens (tertiary/aromatic N) is 5. The number of rotatable bonds is 4. The van der Waals surface area contributed by atoms with Crippen molar-refractivity contribution in [3.63, 3.8) is 0 Å². The molecule has 0 N–H and O–H groups in total. The van der Waals surface area contributed by atoms with Crippen LogP contribution in [0.15, 0.2) is 55.1 Å². The Bertz CT molecular complexity index is 921. The Kier molecular flexibility index (Phi) is 4.96. The smallest absolute Gasteiger partial charge is 0.255 e. The van der Waals surface area contributed by atoms with Gasteiger partial charge in [-0.2, -0.15) is 0 Å². The lowest BCUT2D eigenvalue weighted by Gasteiger charge is -2.32. The summed E-state index contributed by atoms with van der Waals surface area (Å²) in [5.41, 5.74) is 1.68. The molecule has 6 nitrogen and oxygen atoms in total. The summed E-state index contributed by atoms with van der Waals surface area (Å²) in [6.45, 7) is 3.56. The molecule has 27 heavy (non-hydrogen) atoms. The third-order valence-electron chi connectivity index (χ3n) is 5.07.